The van der Waals surface area contributed by atoms with Gasteiger partial charge in [-0.25, -0.2) is 0 Å². The van der Waals surface area contributed by atoms with Crippen molar-refractivity contribution in [3.05, 3.63) is 53.1 Å². The summed E-state index contributed by atoms with van der Waals surface area (Å²) in [6.07, 6.45) is 2.08. The number of hydrogen-bond acceptors (Lipinski definition) is 3. The Bertz CT molecular complexity index is 831. The van der Waals surface area contributed by atoms with Crippen LogP contribution in [0.4, 0.5) is 11.4 Å². The summed E-state index contributed by atoms with van der Waals surface area (Å²) in [4.78, 5) is 24.4. The molecule has 1 aliphatic heterocycles. The van der Waals surface area contributed by atoms with Crippen molar-refractivity contribution in [1.82, 2.24) is 0 Å². The molecule has 0 saturated heterocycles. The normalized spacial score (nSPS) is 17.1. The van der Waals surface area contributed by atoms with Gasteiger partial charge in [0, 0.05) is 5.02 Å². The molecule has 128 valence electrons. The summed E-state index contributed by atoms with van der Waals surface area (Å²) in [5, 5.41) is 6.37. The second-order valence-electron chi connectivity index (χ2n) is 6.38. The molecule has 2 amide bonds. The molecule has 2 aromatic carbocycles. The van der Waals surface area contributed by atoms with E-state index in [0.717, 1.165) is 18.4 Å². The van der Waals surface area contributed by atoms with E-state index in [2.05, 4.69) is 10.6 Å². The van der Waals surface area contributed by atoms with Crippen LogP contribution < -0.4 is 15.4 Å². The Morgan fingerprint density at radius 1 is 1.20 bits per heavy atom. The fourth-order valence-electron chi connectivity index (χ4n) is 3.16. The minimum absolute atomic E-state index is 0.0525. The summed E-state index contributed by atoms with van der Waals surface area (Å²) in [6, 6.07) is 12.7. The maximum atomic E-state index is 12.9. The highest BCUT2D eigenvalue weighted by Gasteiger charge is 2.37. The fourth-order valence-corrected chi connectivity index (χ4v) is 3.29. The lowest BCUT2D eigenvalue weighted by molar-refractivity contribution is -0.118. The third-order valence-corrected chi connectivity index (χ3v) is 4.75. The van der Waals surface area contributed by atoms with Crippen molar-refractivity contribution in [3.8, 4) is 5.75 Å². The zero-order valence-corrected chi connectivity index (χ0v) is 14.2. The van der Waals surface area contributed by atoms with Crippen molar-refractivity contribution in [2.45, 2.75) is 18.8 Å². The zero-order valence-electron chi connectivity index (χ0n) is 13.4. The van der Waals surface area contributed by atoms with Crippen LogP contribution >= 0.6 is 11.6 Å². The zero-order chi connectivity index (χ0) is 17.4. The molecule has 6 heteroatoms. The number of para-hydroxylation sites is 1. The maximum absolute atomic E-state index is 12.9. The van der Waals surface area contributed by atoms with E-state index in [1.54, 1.807) is 18.2 Å². The van der Waals surface area contributed by atoms with Gasteiger partial charge in [0.15, 0.2) is 12.4 Å². The molecule has 1 heterocycles. The van der Waals surface area contributed by atoms with E-state index >= 15 is 0 Å². The highest BCUT2D eigenvalue weighted by atomic mass is 35.5. The molecule has 0 spiro atoms. The van der Waals surface area contributed by atoms with Crippen LogP contribution in [0.3, 0.4) is 0 Å². The minimum Gasteiger partial charge on any atom is -0.479 e. The van der Waals surface area contributed by atoms with Gasteiger partial charge in [0.1, 0.15) is 0 Å². The number of carbonyl (C=O) groups excluding carboxylic acids is 2. The Morgan fingerprint density at radius 3 is 2.68 bits per heavy atom. The first kappa shape index (κ1) is 16.0. The Hall–Kier alpha value is -2.53. The smallest absolute Gasteiger partial charge is 0.262 e. The molecule has 1 fully saturated rings. The number of ether oxygens (including phenoxy) is 1. The molecule has 2 N–H and O–H groups in total. The lowest BCUT2D eigenvalue weighted by atomic mass is 9.93. The number of halogens is 1. The maximum Gasteiger partial charge on any atom is 0.262 e. The van der Waals surface area contributed by atoms with Gasteiger partial charge in [-0.1, -0.05) is 29.8 Å². The van der Waals surface area contributed by atoms with Crippen LogP contribution in [0.15, 0.2) is 42.5 Å². The van der Waals surface area contributed by atoms with Crippen molar-refractivity contribution in [1.29, 1.82) is 0 Å². The number of hydrogen-bond donors (Lipinski definition) is 2. The number of amides is 2. The van der Waals surface area contributed by atoms with Gasteiger partial charge in [0.2, 0.25) is 5.91 Å². The van der Waals surface area contributed by atoms with E-state index in [1.165, 1.54) is 0 Å². The standard InChI is InChI=1S/C19H17ClN2O3/c20-13-8-6-12(7-9-13)17(11-4-5-11)19(24)22-15-3-1-2-14-18(15)25-10-16(23)21-14/h1-3,6-9,11,17H,4-5,10H2,(H,21,23)(H,22,24). The number of nitrogens with one attached hydrogen (secondary N) is 2. The summed E-state index contributed by atoms with van der Waals surface area (Å²) in [5.74, 6) is 0.362. The van der Waals surface area contributed by atoms with Crippen molar-refractivity contribution in [2.24, 2.45) is 5.92 Å². The Balaban J connectivity index is 1.59. The molecule has 1 aliphatic carbocycles. The summed E-state index contributed by atoms with van der Waals surface area (Å²) in [7, 11) is 0. The summed E-state index contributed by atoms with van der Waals surface area (Å²) < 4.78 is 5.50. The van der Waals surface area contributed by atoms with Crippen molar-refractivity contribution >= 4 is 34.8 Å². The highest BCUT2D eigenvalue weighted by Crippen LogP contribution is 2.44. The van der Waals surface area contributed by atoms with Crippen LogP contribution in [-0.2, 0) is 9.59 Å². The van der Waals surface area contributed by atoms with Gasteiger partial charge < -0.3 is 15.4 Å². The molecule has 5 nitrogen and oxygen atoms in total. The minimum atomic E-state index is -0.216. The first-order valence-electron chi connectivity index (χ1n) is 8.24. The largest absolute Gasteiger partial charge is 0.479 e. The van der Waals surface area contributed by atoms with Crippen molar-refractivity contribution in [2.75, 3.05) is 17.2 Å². The third kappa shape index (κ3) is 3.33. The molecule has 0 aromatic heterocycles. The number of rotatable bonds is 4. The molecule has 2 aliphatic rings. The van der Waals surface area contributed by atoms with E-state index in [1.807, 2.05) is 24.3 Å². The Kier molecular flexibility index (Phi) is 4.09. The first-order valence-corrected chi connectivity index (χ1v) is 8.61. The lowest BCUT2D eigenvalue weighted by Crippen LogP contribution is -2.27. The topological polar surface area (TPSA) is 67.4 Å². The molecule has 4 rings (SSSR count). The van der Waals surface area contributed by atoms with E-state index in [0.29, 0.717) is 28.1 Å². The predicted molar refractivity (Wildman–Crippen MR) is 96.1 cm³/mol. The second kappa shape index (κ2) is 6.41. The molecule has 2 aromatic rings. The molecular formula is C19H17ClN2O3. The first-order chi connectivity index (χ1) is 12.1. The van der Waals surface area contributed by atoms with Crippen molar-refractivity contribution < 1.29 is 14.3 Å². The third-order valence-electron chi connectivity index (χ3n) is 4.50. The van der Waals surface area contributed by atoms with Gasteiger partial charge in [0.05, 0.1) is 17.3 Å². The predicted octanol–water partition coefficient (Wildman–Crippen LogP) is 3.80. The monoisotopic (exact) mass is 356 g/mol. The van der Waals surface area contributed by atoms with E-state index in [-0.39, 0.29) is 24.3 Å². The summed E-state index contributed by atoms with van der Waals surface area (Å²) in [5.41, 5.74) is 2.11. The molecule has 25 heavy (non-hydrogen) atoms. The Morgan fingerprint density at radius 2 is 1.96 bits per heavy atom. The SMILES string of the molecule is O=C1COc2c(cccc2NC(=O)C(c2ccc(Cl)cc2)C2CC2)N1. The van der Waals surface area contributed by atoms with Crippen LogP contribution in [0.1, 0.15) is 24.3 Å². The quantitative estimate of drug-likeness (QED) is 0.875. The highest BCUT2D eigenvalue weighted by molar-refractivity contribution is 6.30. The molecule has 1 atom stereocenters. The molecule has 0 radical (unpaired) electrons. The van der Waals surface area contributed by atoms with Gasteiger partial charge in [-0.2, -0.15) is 0 Å². The van der Waals surface area contributed by atoms with Crippen LogP contribution in [0, 0.1) is 5.92 Å². The summed E-state index contributed by atoms with van der Waals surface area (Å²) >= 11 is 5.96. The van der Waals surface area contributed by atoms with E-state index < -0.39 is 0 Å². The number of anilines is 2. The van der Waals surface area contributed by atoms with Crippen LogP contribution in [0.2, 0.25) is 5.02 Å². The van der Waals surface area contributed by atoms with E-state index in [4.69, 9.17) is 16.3 Å². The fraction of sp³-hybridized carbons (Fsp3) is 0.263. The van der Waals surface area contributed by atoms with Gasteiger partial charge in [-0.15, -0.1) is 0 Å². The summed E-state index contributed by atoms with van der Waals surface area (Å²) in [6.45, 7) is -0.0525. The van der Waals surface area contributed by atoms with Crippen molar-refractivity contribution in [3.63, 3.8) is 0 Å². The van der Waals surface area contributed by atoms with E-state index in [9.17, 15) is 9.59 Å². The van der Waals surface area contributed by atoms with Crippen LogP contribution in [0.5, 0.6) is 5.75 Å². The molecule has 1 unspecified atom stereocenters. The van der Waals surface area contributed by atoms with Gasteiger partial charge in [-0.05, 0) is 48.6 Å². The number of benzene rings is 2. The lowest BCUT2D eigenvalue weighted by Gasteiger charge is -2.22. The molecular weight excluding hydrogens is 340 g/mol. The Labute approximate surface area is 150 Å². The van der Waals surface area contributed by atoms with Gasteiger partial charge >= 0.3 is 0 Å². The number of fused-ring (bicyclic) bond motifs is 1. The average Bonchev–Trinajstić information content (AvgIpc) is 3.42. The van der Waals surface area contributed by atoms with Crippen LogP contribution in [0.25, 0.3) is 0 Å². The van der Waals surface area contributed by atoms with Gasteiger partial charge in [0.25, 0.3) is 5.91 Å². The second-order valence-corrected chi connectivity index (χ2v) is 6.81. The number of carbonyl (C=O) groups is 2. The van der Waals surface area contributed by atoms with Crippen LogP contribution in [-0.4, -0.2) is 18.4 Å². The average molecular weight is 357 g/mol. The molecule has 1 saturated carbocycles. The van der Waals surface area contributed by atoms with Gasteiger partial charge in [-0.3, -0.25) is 9.59 Å². The molecule has 0 bridgehead atoms.